The third-order valence-electron chi connectivity index (χ3n) is 6.58. The summed E-state index contributed by atoms with van der Waals surface area (Å²) in [5.74, 6) is 1.18. The molecule has 0 heterocycles. The predicted octanol–water partition coefficient (Wildman–Crippen LogP) is 5.50. The van der Waals surface area contributed by atoms with Gasteiger partial charge >= 0.3 is 0 Å². The van der Waals surface area contributed by atoms with Gasteiger partial charge in [0, 0.05) is 12.0 Å². The normalized spacial score (nSPS) is 39.6. The van der Waals surface area contributed by atoms with E-state index in [0.717, 1.165) is 12.8 Å². The second kappa shape index (κ2) is 6.28. The van der Waals surface area contributed by atoms with Crippen molar-refractivity contribution in [2.75, 3.05) is 6.61 Å². The molecule has 0 saturated heterocycles. The highest BCUT2D eigenvalue weighted by Crippen LogP contribution is 2.57. The van der Waals surface area contributed by atoms with Crippen molar-refractivity contribution in [3.63, 3.8) is 0 Å². The molecule has 0 radical (unpaired) electrons. The average molecular weight is 290 g/mol. The van der Waals surface area contributed by atoms with Gasteiger partial charge < -0.3 is 5.11 Å². The van der Waals surface area contributed by atoms with Gasteiger partial charge in [-0.25, -0.2) is 0 Å². The van der Waals surface area contributed by atoms with Gasteiger partial charge in [-0.2, -0.15) is 0 Å². The first kappa shape index (κ1) is 16.8. The smallest absolute Gasteiger partial charge is 0.0493 e. The first-order valence-electron chi connectivity index (χ1n) is 8.79. The Bertz CT molecular complexity index is 422. The first-order chi connectivity index (χ1) is 9.83. The summed E-state index contributed by atoms with van der Waals surface area (Å²) in [7, 11) is 0. The predicted molar refractivity (Wildman–Crippen MR) is 91.2 cm³/mol. The van der Waals surface area contributed by atoms with E-state index in [1.54, 1.807) is 5.57 Å². The highest BCUT2D eigenvalue weighted by atomic mass is 16.3. The number of allylic oxidation sites excluding steroid dienone is 3. The van der Waals surface area contributed by atoms with E-state index in [4.69, 9.17) is 0 Å². The van der Waals surface area contributed by atoms with Crippen LogP contribution >= 0.6 is 0 Å². The Kier molecular flexibility index (Phi) is 5.03. The number of rotatable bonds is 5. The molecule has 120 valence electrons. The summed E-state index contributed by atoms with van der Waals surface area (Å²) in [5.41, 5.74) is 3.41. The zero-order valence-corrected chi connectivity index (χ0v) is 14.5. The number of hydrogen-bond acceptors (Lipinski definition) is 1. The maximum Gasteiger partial charge on any atom is 0.0493 e. The van der Waals surface area contributed by atoms with E-state index in [9.17, 15) is 5.11 Å². The van der Waals surface area contributed by atoms with Gasteiger partial charge in [-0.3, -0.25) is 0 Å². The van der Waals surface area contributed by atoms with Crippen molar-refractivity contribution >= 4 is 0 Å². The first-order valence-corrected chi connectivity index (χ1v) is 8.79. The zero-order valence-electron chi connectivity index (χ0n) is 14.5. The zero-order chi connectivity index (χ0) is 15.7. The van der Waals surface area contributed by atoms with Crippen molar-refractivity contribution in [1.82, 2.24) is 0 Å². The Balaban J connectivity index is 2.20. The minimum absolute atomic E-state index is 0.0834. The molecule has 0 unspecified atom stereocenters. The Morgan fingerprint density at radius 3 is 2.76 bits per heavy atom. The summed E-state index contributed by atoms with van der Waals surface area (Å²) in [6.07, 6.45) is 11.3. The van der Waals surface area contributed by atoms with Crippen molar-refractivity contribution in [2.24, 2.45) is 22.7 Å². The van der Waals surface area contributed by atoms with Crippen molar-refractivity contribution in [2.45, 2.75) is 72.6 Å². The van der Waals surface area contributed by atoms with E-state index in [1.807, 2.05) is 0 Å². The molecular weight excluding hydrogens is 256 g/mol. The van der Waals surface area contributed by atoms with Crippen LogP contribution in [0.1, 0.15) is 72.6 Å². The highest BCUT2D eigenvalue weighted by Gasteiger charge is 2.48. The van der Waals surface area contributed by atoms with E-state index < -0.39 is 0 Å². The molecule has 1 saturated carbocycles. The third-order valence-corrected chi connectivity index (χ3v) is 6.58. The van der Waals surface area contributed by atoms with Crippen LogP contribution in [0.5, 0.6) is 0 Å². The molecule has 0 aliphatic heterocycles. The molecule has 0 aromatic heterocycles. The summed E-state index contributed by atoms with van der Waals surface area (Å²) >= 11 is 0. The summed E-state index contributed by atoms with van der Waals surface area (Å²) in [5, 5.41) is 10.0. The summed E-state index contributed by atoms with van der Waals surface area (Å²) in [6.45, 7) is 13.6. The molecule has 4 atom stereocenters. The van der Waals surface area contributed by atoms with Gasteiger partial charge in [0.15, 0.2) is 0 Å². The lowest BCUT2D eigenvalue weighted by molar-refractivity contribution is 0.00540. The average Bonchev–Trinajstić information content (AvgIpc) is 2.43. The third kappa shape index (κ3) is 3.13. The summed E-state index contributed by atoms with van der Waals surface area (Å²) in [4.78, 5) is 0. The molecule has 0 bridgehead atoms. The van der Waals surface area contributed by atoms with Gasteiger partial charge in [0.1, 0.15) is 0 Å². The second-order valence-corrected chi connectivity index (χ2v) is 8.28. The molecule has 1 fully saturated rings. The Morgan fingerprint density at radius 2 is 2.14 bits per heavy atom. The van der Waals surface area contributed by atoms with E-state index in [-0.39, 0.29) is 5.41 Å². The minimum atomic E-state index is 0.0834. The molecule has 1 heteroatoms. The van der Waals surface area contributed by atoms with Gasteiger partial charge in [-0.05, 0) is 62.7 Å². The lowest BCUT2D eigenvalue weighted by atomic mass is 9.52. The van der Waals surface area contributed by atoms with Crippen LogP contribution in [0.4, 0.5) is 0 Å². The number of fused-ring (bicyclic) bond motifs is 1. The van der Waals surface area contributed by atoms with Crippen LogP contribution in [0.25, 0.3) is 0 Å². The van der Waals surface area contributed by atoms with Crippen molar-refractivity contribution in [1.29, 1.82) is 0 Å². The minimum Gasteiger partial charge on any atom is -0.396 e. The maximum absolute atomic E-state index is 10.0. The molecule has 1 nitrogen and oxygen atoms in total. The Morgan fingerprint density at radius 1 is 1.43 bits per heavy atom. The van der Waals surface area contributed by atoms with E-state index in [0.29, 0.717) is 23.9 Å². The molecule has 1 N–H and O–H groups in total. The quantitative estimate of drug-likeness (QED) is 0.662. The molecule has 0 amide bonds. The van der Waals surface area contributed by atoms with Crippen LogP contribution in [0.3, 0.4) is 0 Å². The van der Waals surface area contributed by atoms with Gasteiger partial charge in [0.25, 0.3) is 0 Å². The van der Waals surface area contributed by atoms with Crippen molar-refractivity contribution in [3.05, 3.63) is 23.8 Å². The van der Waals surface area contributed by atoms with E-state index in [2.05, 4.69) is 40.3 Å². The lowest BCUT2D eigenvalue weighted by Gasteiger charge is -2.53. The molecule has 2 aliphatic carbocycles. The van der Waals surface area contributed by atoms with E-state index >= 15 is 0 Å². The van der Waals surface area contributed by atoms with Crippen molar-refractivity contribution in [3.8, 4) is 0 Å². The largest absolute Gasteiger partial charge is 0.396 e. The fourth-order valence-electron chi connectivity index (χ4n) is 4.72. The highest BCUT2D eigenvalue weighted by molar-refractivity contribution is 5.26. The number of hydrogen-bond donors (Lipinski definition) is 1. The summed E-state index contributed by atoms with van der Waals surface area (Å²) in [6, 6.07) is 0. The van der Waals surface area contributed by atoms with E-state index in [1.165, 1.54) is 37.7 Å². The van der Waals surface area contributed by atoms with Crippen LogP contribution in [0, 0.1) is 22.7 Å². The Labute approximate surface area is 131 Å². The van der Waals surface area contributed by atoms with Gasteiger partial charge in [0.05, 0.1) is 0 Å². The molecule has 2 rings (SSSR count). The number of aliphatic hydroxyl groups is 1. The standard InChI is InChI=1S/C20H34O/c1-15(2)8-6-12-19(4)13-7-9-18-17(19)11-10-16(3)20(18,5)14-21/h11,16,18,21H,1,6-10,12-14H2,2-5H3/t16-,18-,19-,20+/m1/s1. The van der Waals surface area contributed by atoms with Crippen molar-refractivity contribution < 1.29 is 5.11 Å². The molecule has 0 aromatic carbocycles. The monoisotopic (exact) mass is 290 g/mol. The van der Waals surface area contributed by atoms with Gasteiger partial charge in [-0.1, -0.05) is 44.4 Å². The van der Waals surface area contributed by atoms with Crippen LogP contribution in [-0.4, -0.2) is 11.7 Å². The molecule has 0 aromatic rings. The lowest BCUT2D eigenvalue weighted by Crippen LogP contribution is -2.46. The molecule has 21 heavy (non-hydrogen) atoms. The Hall–Kier alpha value is -0.560. The van der Waals surface area contributed by atoms with Gasteiger partial charge in [-0.15, -0.1) is 6.58 Å². The topological polar surface area (TPSA) is 20.2 Å². The summed E-state index contributed by atoms with van der Waals surface area (Å²) < 4.78 is 0. The maximum atomic E-state index is 10.0. The molecular formula is C20H34O. The molecule has 0 spiro atoms. The van der Waals surface area contributed by atoms with Crippen LogP contribution in [0.15, 0.2) is 23.8 Å². The van der Waals surface area contributed by atoms with Crippen LogP contribution in [0.2, 0.25) is 0 Å². The SMILES string of the molecule is C=C(C)CCC[C@]1(C)CCC[C@@H]2C1=CC[C@@H](C)[C@]2(C)CO. The van der Waals surface area contributed by atoms with Crippen LogP contribution in [-0.2, 0) is 0 Å². The fraction of sp³-hybridized carbons (Fsp3) is 0.800. The fourth-order valence-corrected chi connectivity index (χ4v) is 4.72. The van der Waals surface area contributed by atoms with Crippen LogP contribution < -0.4 is 0 Å². The number of aliphatic hydroxyl groups excluding tert-OH is 1. The second-order valence-electron chi connectivity index (χ2n) is 8.28. The van der Waals surface area contributed by atoms with Gasteiger partial charge in [0.2, 0.25) is 0 Å². The molecule has 2 aliphatic rings.